The Labute approximate surface area is 302 Å². The summed E-state index contributed by atoms with van der Waals surface area (Å²) in [6.07, 6.45) is 14.9. The molecule has 1 aromatic rings. The van der Waals surface area contributed by atoms with Gasteiger partial charge < -0.3 is 15.1 Å². The van der Waals surface area contributed by atoms with Gasteiger partial charge in [0.1, 0.15) is 0 Å². The van der Waals surface area contributed by atoms with Crippen LogP contribution in [0.15, 0.2) is 42.5 Å². The number of piperazine rings is 1. The summed E-state index contributed by atoms with van der Waals surface area (Å²) < 4.78 is 0. The van der Waals surface area contributed by atoms with Gasteiger partial charge in [-0.05, 0) is 140 Å². The van der Waals surface area contributed by atoms with Crippen molar-refractivity contribution in [2.24, 2.45) is 51.2 Å². The van der Waals surface area contributed by atoms with Crippen LogP contribution in [0.1, 0.15) is 128 Å². The van der Waals surface area contributed by atoms with Gasteiger partial charge in [-0.3, -0.25) is 9.69 Å². The molecule has 1 heterocycles. The average molecular weight is 687 g/mol. The van der Waals surface area contributed by atoms with Crippen molar-refractivity contribution in [2.45, 2.75) is 112 Å². The molecule has 6 rings (SSSR count). The smallest absolute Gasteiger partial charge is 0.335 e. The predicted molar refractivity (Wildman–Crippen MR) is 203 cm³/mol. The summed E-state index contributed by atoms with van der Waals surface area (Å²) in [6, 6.07) is 7.45. The van der Waals surface area contributed by atoms with E-state index < -0.39 is 5.97 Å². The molecule has 0 spiro atoms. The molecule has 0 bridgehead atoms. The number of fused-ring (bicyclic) bond motifs is 5. The molecule has 50 heavy (non-hydrogen) atoms. The van der Waals surface area contributed by atoms with Gasteiger partial charge in [-0.1, -0.05) is 71.4 Å². The third kappa shape index (κ3) is 5.93. The van der Waals surface area contributed by atoms with Crippen molar-refractivity contribution in [3.8, 4) is 0 Å². The quantitative estimate of drug-likeness (QED) is 0.240. The number of hydrogen-bond donors (Lipinski definition) is 2. The molecule has 6 nitrogen and oxygen atoms in total. The number of carboxylic acid groups (broad SMARTS) is 1. The number of allylic oxidation sites excluding steroid dienone is 3. The number of benzene rings is 1. The zero-order valence-corrected chi connectivity index (χ0v) is 32.1. The fourth-order valence-corrected chi connectivity index (χ4v) is 13.2. The lowest BCUT2D eigenvalue weighted by molar-refractivity contribution is -0.219. The second kappa shape index (κ2) is 14.2. The third-order valence-electron chi connectivity index (χ3n) is 16.2. The molecule has 0 aromatic heterocycles. The van der Waals surface area contributed by atoms with Crippen molar-refractivity contribution in [1.82, 2.24) is 9.80 Å². The first-order valence-corrected chi connectivity index (χ1v) is 20.1. The molecular formula is C44H66N2O4. The van der Waals surface area contributed by atoms with Crippen LogP contribution in [0.25, 0.3) is 5.57 Å². The maximum atomic E-state index is 14.9. The molecule has 276 valence electrons. The molecule has 4 aliphatic carbocycles. The highest BCUT2D eigenvalue weighted by Gasteiger charge is 2.70. The first-order valence-electron chi connectivity index (χ1n) is 20.1. The fourth-order valence-electron chi connectivity index (χ4n) is 13.2. The maximum absolute atomic E-state index is 14.9. The largest absolute Gasteiger partial charge is 0.478 e. The molecule has 0 radical (unpaired) electrons. The molecule has 1 aliphatic heterocycles. The Kier molecular flexibility index (Phi) is 10.6. The molecular weight excluding hydrogens is 620 g/mol. The van der Waals surface area contributed by atoms with E-state index in [1.54, 1.807) is 12.1 Å². The minimum Gasteiger partial charge on any atom is -0.478 e. The lowest BCUT2D eigenvalue weighted by Crippen LogP contribution is -2.65. The second-order valence-electron chi connectivity index (χ2n) is 17.9. The molecule has 4 saturated carbocycles. The maximum Gasteiger partial charge on any atom is 0.335 e. The highest BCUT2D eigenvalue weighted by molar-refractivity contribution is 5.88. The molecule has 9 unspecified atom stereocenters. The SMILES string of the molecule is C=C(C)C1CCC2(C(=O)N3CCN(CCO)CC3)CCC3(C)C(CCC4C(C)(CC=C(CC)c5ccc(C(=O)O)cc5)C(CC)CCC43C)C12. The van der Waals surface area contributed by atoms with E-state index in [2.05, 4.69) is 64.0 Å². The van der Waals surface area contributed by atoms with Gasteiger partial charge in [0.05, 0.1) is 17.6 Å². The number of amides is 1. The monoisotopic (exact) mass is 687 g/mol. The summed E-state index contributed by atoms with van der Waals surface area (Å²) in [5, 5.41) is 18.9. The Morgan fingerprint density at radius 3 is 2.18 bits per heavy atom. The Balaban J connectivity index is 1.31. The summed E-state index contributed by atoms with van der Waals surface area (Å²) in [5.41, 5.74) is 4.36. The number of aliphatic hydroxyl groups excluding tert-OH is 1. The van der Waals surface area contributed by atoms with Gasteiger partial charge in [-0.15, -0.1) is 0 Å². The Hall–Kier alpha value is -2.44. The van der Waals surface area contributed by atoms with Gasteiger partial charge >= 0.3 is 5.97 Å². The van der Waals surface area contributed by atoms with Crippen LogP contribution in [-0.2, 0) is 4.79 Å². The summed E-state index contributed by atoms with van der Waals surface area (Å²) in [5.74, 6) is 2.15. The Morgan fingerprint density at radius 1 is 0.900 bits per heavy atom. The number of nitrogens with zero attached hydrogens (tertiary/aromatic N) is 2. The molecule has 5 aliphatic rings. The summed E-state index contributed by atoms with van der Waals surface area (Å²) in [6.45, 7) is 23.5. The van der Waals surface area contributed by atoms with Gasteiger partial charge in [-0.25, -0.2) is 4.79 Å². The standard InChI is InChI=1S/C44H66N2O4/c1-8-31(32-10-12-33(13-11-32)39(48)49)16-19-41(5)34(9-2)17-20-43(7)37(41)15-14-36-38-35(30(3)4)18-21-44(38,23-22-42(36,43)6)40(50)46-26-24-45(25-27-46)28-29-47/h10-13,16,34-38,47H,3,8-9,14-15,17-29H2,1-2,4-7H3,(H,48,49). The van der Waals surface area contributed by atoms with E-state index in [1.807, 2.05) is 12.1 Å². The van der Waals surface area contributed by atoms with E-state index in [1.165, 1.54) is 43.3 Å². The van der Waals surface area contributed by atoms with Crippen molar-refractivity contribution in [2.75, 3.05) is 39.3 Å². The molecule has 5 fully saturated rings. The molecule has 1 amide bonds. The van der Waals surface area contributed by atoms with Crippen molar-refractivity contribution < 1.29 is 19.8 Å². The highest BCUT2D eigenvalue weighted by Crippen LogP contribution is 2.76. The predicted octanol–water partition coefficient (Wildman–Crippen LogP) is 8.95. The summed E-state index contributed by atoms with van der Waals surface area (Å²) >= 11 is 0. The summed E-state index contributed by atoms with van der Waals surface area (Å²) in [7, 11) is 0. The van der Waals surface area contributed by atoms with E-state index in [0.29, 0.717) is 47.6 Å². The van der Waals surface area contributed by atoms with E-state index in [4.69, 9.17) is 0 Å². The first kappa shape index (κ1) is 37.3. The van der Waals surface area contributed by atoms with Crippen molar-refractivity contribution in [1.29, 1.82) is 0 Å². The number of carbonyl (C=O) groups is 2. The Bertz CT molecular complexity index is 1460. The van der Waals surface area contributed by atoms with Crippen LogP contribution >= 0.6 is 0 Å². The van der Waals surface area contributed by atoms with Gasteiger partial charge in [-0.2, -0.15) is 0 Å². The third-order valence-corrected chi connectivity index (χ3v) is 16.2. The van der Waals surface area contributed by atoms with E-state index >= 15 is 0 Å². The second-order valence-corrected chi connectivity index (χ2v) is 17.9. The van der Waals surface area contributed by atoms with Crippen LogP contribution in [0.5, 0.6) is 0 Å². The number of hydrogen-bond acceptors (Lipinski definition) is 4. The van der Waals surface area contributed by atoms with Crippen LogP contribution in [-0.4, -0.2) is 71.2 Å². The highest BCUT2D eigenvalue weighted by atomic mass is 16.4. The number of aliphatic hydroxyl groups is 1. The molecule has 2 N–H and O–H groups in total. The fraction of sp³-hybridized carbons (Fsp3) is 0.727. The lowest BCUT2D eigenvalue weighted by Gasteiger charge is -2.70. The minimum atomic E-state index is -0.879. The molecule has 1 saturated heterocycles. The van der Waals surface area contributed by atoms with Crippen LogP contribution in [0.2, 0.25) is 0 Å². The first-order chi connectivity index (χ1) is 23.8. The topological polar surface area (TPSA) is 81.1 Å². The van der Waals surface area contributed by atoms with E-state index in [-0.39, 0.29) is 28.3 Å². The number of carbonyl (C=O) groups excluding carboxylic acids is 1. The molecule has 6 heteroatoms. The number of aromatic carboxylic acids is 1. The van der Waals surface area contributed by atoms with E-state index in [0.717, 1.165) is 70.3 Å². The minimum absolute atomic E-state index is 0.173. The number of rotatable bonds is 10. The van der Waals surface area contributed by atoms with Crippen LogP contribution < -0.4 is 0 Å². The van der Waals surface area contributed by atoms with Crippen LogP contribution in [0.3, 0.4) is 0 Å². The average Bonchev–Trinajstić information content (AvgIpc) is 3.51. The van der Waals surface area contributed by atoms with Gasteiger partial charge in [0.15, 0.2) is 0 Å². The van der Waals surface area contributed by atoms with Gasteiger partial charge in [0, 0.05) is 32.7 Å². The van der Waals surface area contributed by atoms with Crippen molar-refractivity contribution >= 4 is 17.4 Å². The molecule has 9 atom stereocenters. The van der Waals surface area contributed by atoms with Crippen molar-refractivity contribution in [3.63, 3.8) is 0 Å². The van der Waals surface area contributed by atoms with E-state index in [9.17, 15) is 19.8 Å². The zero-order chi connectivity index (χ0) is 36.1. The summed E-state index contributed by atoms with van der Waals surface area (Å²) in [4.78, 5) is 30.9. The van der Waals surface area contributed by atoms with Gasteiger partial charge in [0.25, 0.3) is 0 Å². The Morgan fingerprint density at radius 2 is 1.58 bits per heavy atom. The number of carboxylic acids is 1. The normalized spacial score (nSPS) is 39.0. The zero-order valence-electron chi connectivity index (χ0n) is 32.1. The lowest BCUT2D eigenvalue weighted by atomic mass is 9.34. The van der Waals surface area contributed by atoms with Crippen LogP contribution in [0, 0.1) is 51.2 Å². The van der Waals surface area contributed by atoms with Crippen LogP contribution in [0.4, 0.5) is 0 Å². The molecule has 1 aromatic carbocycles. The van der Waals surface area contributed by atoms with Crippen molar-refractivity contribution in [3.05, 3.63) is 53.6 Å². The number of β-amino-alcohol motifs (C(OH)–C–C–N with tert-alkyl or cyclic N) is 1. The van der Waals surface area contributed by atoms with Gasteiger partial charge in [0.2, 0.25) is 5.91 Å².